The zero-order valence-corrected chi connectivity index (χ0v) is 45.1. The third-order valence-corrected chi connectivity index (χ3v) is 14.0. The molecular weight excluding hydrogens is 827 g/mol. The lowest BCUT2D eigenvalue weighted by Gasteiger charge is -2.20. The number of hydrogen-bond acceptors (Lipinski definition) is 5. The lowest BCUT2D eigenvalue weighted by atomic mass is 10.0. The largest absolute Gasteiger partial charge is 0.466 e. The highest BCUT2D eigenvalue weighted by atomic mass is 16.5. The van der Waals surface area contributed by atoms with Gasteiger partial charge in [-0.3, -0.25) is 9.59 Å². The molecule has 396 valence electrons. The second-order valence-electron chi connectivity index (χ2n) is 20.7. The SMILES string of the molecule is CCCCCCCCCCC/C=C/C(O)C(CO)NC(=O)CCCCCCCCC/C=C\CCCCCCCCCCCCCCOC(=O)CCCCCCCCCCCCCCCCCC. The number of allylic oxidation sites excluding steroid dienone is 3. The number of hydrogen-bond donors (Lipinski definition) is 3. The Morgan fingerprint density at radius 3 is 1.06 bits per heavy atom. The Morgan fingerprint density at radius 2 is 0.701 bits per heavy atom. The maximum atomic E-state index is 12.4. The van der Waals surface area contributed by atoms with Crippen LogP contribution in [0.3, 0.4) is 0 Å². The first-order valence-electron chi connectivity index (χ1n) is 30.1. The van der Waals surface area contributed by atoms with Crippen molar-refractivity contribution in [2.45, 2.75) is 341 Å². The number of unbranched alkanes of at least 4 members (excludes halogenated alkanes) is 43. The predicted octanol–water partition coefficient (Wildman–Crippen LogP) is 18.6. The summed E-state index contributed by atoms with van der Waals surface area (Å²) in [4.78, 5) is 24.5. The molecule has 0 aliphatic rings. The van der Waals surface area contributed by atoms with Gasteiger partial charge in [0.2, 0.25) is 5.91 Å². The summed E-state index contributed by atoms with van der Waals surface area (Å²) in [6, 6.07) is -0.630. The monoisotopic (exact) mass is 944 g/mol. The molecule has 0 aliphatic heterocycles. The summed E-state index contributed by atoms with van der Waals surface area (Å²) < 4.78 is 5.49. The van der Waals surface area contributed by atoms with Crippen molar-refractivity contribution < 1.29 is 24.5 Å². The summed E-state index contributed by atoms with van der Waals surface area (Å²) in [5, 5.41) is 23.0. The van der Waals surface area contributed by atoms with Crippen LogP contribution in [0, 0.1) is 0 Å². The first kappa shape index (κ1) is 65.3. The van der Waals surface area contributed by atoms with Crippen LogP contribution >= 0.6 is 0 Å². The van der Waals surface area contributed by atoms with E-state index in [-0.39, 0.29) is 18.5 Å². The van der Waals surface area contributed by atoms with Crippen LogP contribution < -0.4 is 5.32 Å². The second kappa shape index (κ2) is 56.9. The number of ether oxygens (including phenoxy) is 1. The van der Waals surface area contributed by atoms with E-state index in [2.05, 4.69) is 31.3 Å². The van der Waals surface area contributed by atoms with Gasteiger partial charge in [0, 0.05) is 12.8 Å². The Hall–Kier alpha value is -1.66. The number of aliphatic hydroxyl groups excluding tert-OH is 2. The van der Waals surface area contributed by atoms with Crippen molar-refractivity contribution in [3.63, 3.8) is 0 Å². The maximum Gasteiger partial charge on any atom is 0.305 e. The molecule has 0 aliphatic carbocycles. The summed E-state index contributed by atoms with van der Waals surface area (Å²) in [7, 11) is 0. The molecular formula is C61H117NO5. The molecule has 0 saturated heterocycles. The zero-order chi connectivity index (χ0) is 48.6. The average Bonchev–Trinajstić information content (AvgIpc) is 3.33. The van der Waals surface area contributed by atoms with Crippen molar-refractivity contribution in [2.75, 3.05) is 13.2 Å². The van der Waals surface area contributed by atoms with Gasteiger partial charge in [-0.1, -0.05) is 282 Å². The van der Waals surface area contributed by atoms with Gasteiger partial charge in [-0.05, 0) is 57.8 Å². The van der Waals surface area contributed by atoms with Gasteiger partial charge in [0.25, 0.3) is 0 Å². The van der Waals surface area contributed by atoms with Crippen molar-refractivity contribution in [3.8, 4) is 0 Å². The van der Waals surface area contributed by atoms with Crippen molar-refractivity contribution in [1.29, 1.82) is 0 Å². The van der Waals surface area contributed by atoms with E-state index >= 15 is 0 Å². The molecule has 6 heteroatoms. The molecule has 0 aromatic rings. The van der Waals surface area contributed by atoms with Gasteiger partial charge in [0.1, 0.15) is 0 Å². The fourth-order valence-electron chi connectivity index (χ4n) is 9.34. The summed E-state index contributed by atoms with van der Waals surface area (Å²) >= 11 is 0. The van der Waals surface area contributed by atoms with E-state index in [0.717, 1.165) is 44.9 Å². The molecule has 67 heavy (non-hydrogen) atoms. The second-order valence-corrected chi connectivity index (χ2v) is 20.7. The van der Waals surface area contributed by atoms with Gasteiger partial charge in [-0.25, -0.2) is 0 Å². The van der Waals surface area contributed by atoms with Gasteiger partial charge in [-0.15, -0.1) is 0 Å². The lowest BCUT2D eigenvalue weighted by Crippen LogP contribution is -2.45. The molecule has 2 unspecified atom stereocenters. The van der Waals surface area contributed by atoms with E-state index in [1.54, 1.807) is 6.08 Å². The molecule has 0 spiro atoms. The molecule has 0 fully saturated rings. The van der Waals surface area contributed by atoms with Crippen LogP contribution in [0.15, 0.2) is 24.3 Å². The van der Waals surface area contributed by atoms with Crippen LogP contribution in [0.1, 0.15) is 328 Å². The molecule has 0 saturated carbocycles. The summed E-state index contributed by atoms with van der Waals surface area (Å²) in [5.41, 5.74) is 0. The molecule has 2 atom stereocenters. The molecule has 0 heterocycles. The van der Waals surface area contributed by atoms with E-state index in [9.17, 15) is 19.8 Å². The fourth-order valence-corrected chi connectivity index (χ4v) is 9.34. The average molecular weight is 945 g/mol. The molecule has 0 bridgehead atoms. The Morgan fingerprint density at radius 1 is 0.403 bits per heavy atom. The smallest absolute Gasteiger partial charge is 0.305 e. The lowest BCUT2D eigenvalue weighted by molar-refractivity contribution is -0.143. The standard InChI is InChI=1S/C61H117NO5/c1-3-5-7-9-11-13-15-16-17-28-31-35-39-43-47-51-55-61(66)67-56-52-48-44-40-36-32-29-26-24-22-20-18-19-21-23-25-27-30-34-38-42-46-50-54-60(65)62-58(57-63)59(64)53-49-45-41-37-33-14-12-10-8-6-4-2/h21,23,49,53,58-59,63-64H,3-20,22,24-48,50-52,54-57H2,1-2H3,(H,62,65)/b23-21-,53-49+. The maximum absolute atomic E-state index is 12.4. The number of rotatable bonds is 56. The van der Waals surface area contributed by atoms with E-state index in [4.69, 9.17) is 4.74 Å². The van der Waals surface area contributed by atoms with Crippen molar-refractivity contribution in [2.24, 2.45) is 0 Å². The van der Waals surface area contributed by atoms with Gasteiger partial charge in [0.15, 0.2) is 0 Å². The molecule has 0 rings (SSSR count). The number of carbonyl (C=O) groups excluding carboxylic acids is 2. The van der Waals surface area contributed by atoms with Crippen LogP contribution in [0.25, 0.3) is 0 Å². The highest BCUT2D eigenvalue weighted by molar-refractivity contribution is 5.76. The minimum atomic E-state index is -0.846. The van der Waals surface area contributed by atoms with E-state index in [0.29, 0.717) is 19.4 Å². The first-order chi connectivity index (χ1) is 33.0. The molecule has 1 amide bonds. The third kappa shape index (κ3) is 53.5. The summed E-state index contributed by atoms with van der Waals surface area (Å²) in [5.74, 6) is -0.0604. The highest BCUT2D eigenvalue weighted by Crippen LogP contribution is 2.17. The predicted molar refractivity (Wildman–Crippen MR) is 292 cm³/mol. The number of aliphatic hydroxyl groups is 2. The number of esters is 1. The van der Waals surface area contributed by atoms with Crippen LogP contribution in [-0.2, 0) is 14.3 Å². The normalized spacial score (nSPS) is 12.7. The van der Waals surface area contributed by atoms with E-state index in [1.807, 2.05) is 6.08 Å². The van der Waals surface area contributed by atoms with Crippen LogP contribution in [0.4, 0.5) is 0 Å². The number of nitrogens with one attached hydrogen (secondary N) is 1. The van der Waals surface area contributed by atoms with E-state index in [1.165, 1.54) is 257 Å². The minimum absolute atomic E-state index is 0.0145. The van der Waals surface area contributed by atoms with Crippen molar-refractivity contribution >= 4 is 11.9 Å². The highest BCUT2D eigenvalue weighted by Gasteiger charge is 2.18. The summed E-state index contributed by atoms with van der Waals surface area (Å²) in [6.07, 6.45) is 69.3. The number of amides is 1. The molecule has 0 radical (unpaired) electrons. The Kier molecular flexibility index (Phi) is 55.5. The topological polar surface area (TPSA) is 95.9 Å². The van der Waals surface area contributed by atoms with Gasteiger partial charge in [0.05, 0.1) is 25.4 Å². The zero-order valence-electron chi connectivity index (χ0n) is 45.1. The van der Waals surface area contributed by atoms with E-state index < -0.39 is 12.1 Å². The quantitative estimate of drug-likeness (QED) is 0.0321. The van der Waals surface area contributed by atoms with Gasteiger partial charge < -0.3 is 20.3 Å². The van der Waals surface area contributed by atoms with Crippen molar-refractivity contribution in [1.82, 2.24) is 5.32 Å². The van der Waals surface area contributed by atoms with Gasteiger partial charge in [-0.2, -0.15) is 0 Å². The molecule has 6 nitrogen and oxygen atoms in total. The third-order valence-electron chi connectivity index (χ3n) is 14.0. The number of carbonyl (C=O) groups is 2. The Labute approximate surface area is 418 Å². The Bertz CT molecular complexity index is 1040. The molecule has 0 aromatic carbocycles. The van der Waals surface area contributed by atoms with Crippen LogP contribution in [-0.4, -0.2) is 47.4 Å². The van der Waals surface area contributed by atoms with Crippen LogP contribution in [0.2, 0.25) is 0 Å². The molecule has 0 aromatic heterocycles. The summed E-state index contributed by atoms with van der Waals surface area (Å²) in [6.45, 7) is 4.90. The minimum Gasteiger partial charge on any atom is -0.466 e. The van der Waals surface area contributed by atoms with Crippen LogP contribution in [0.5, 0.6) is 0 Å². The molecule has 3 N–H and O–H groups in total. The fraction of sp³-hybridized carbons (Fsp3) is 0.902. The van der Waals surface area contributed by atoms with Crippen molar-refractivity contribution in [3.05, 3.63) is 24.3 Å². The Balaban J connectivity index is 3.39. The first-order valence-corrected chi connectivity index (χ1v) is 30.1. The van der Waals surface area contributed by atoms with Gasteiger partial charge >= 0.3 is 5.97 Å².